The van der Waals surface area contributed by atoms with Crippen LogP contribution in [0.2, 0.25) is 0 Å². The van der Waals surface area contributed by atoms with Crippen LogP contribution in [0.25, 0.3) is 11.5 Å². The molecule has 0 saturated heterocycles. The first-order valence-electron chi connectivity index (χ1n) is 5.36. The van der Waals surface area contributed by atoms with Gasteiger partial charge in [-0.05, 0) is 18.6 Å². The number of pyridine rings is 1. The quantitative estimate of drug-likeness (QED) is 0.807. The Balaban J connectivity index is 2.42. The van der Waals surface area contributed by atoms with Crippen LogP contribution >= 0.6 is 0 Å². The van der Waals surface area contributed by atoms with Crippen molar-refractivity contribution in [3.05, 3.63) is 40.4 Å². The smallest absolute Gasteiger partial charge is 0.274 e. The molecule has 2 rings (SSSR count). The van der Waals surface area contributed by atoms with Crippen LogP contribution in [-0.4, -0.2) is 20.2 Å². The summed E-state index contributed by atoms with van der Waals surface area (Å²) in [5.41, 5.74) is 6.27. The maximum Gasteiger partial charge on any atom is 0.274 e. The Morgan fingerprint density at radius 1 is 1.41 bits per heavy atom. The zero-order valence-corrected chi connectivity index (χ0v) is 9.42. The lowest BCUT2D eigenvalue weighted by Gasteiger charge is -2.06. The number of nitrogens with zero attached hydrogens (tertiary/aromatic N) is 3. The first-order chi connectivity index (χ1) is 8.22. The number of H-pyrrole nitrogens is 1. The number of nitrogens with one attached hydrogen (secondary N) is 1. The van der Waals surface area contributed by atoms with E-state index in [0.717, 1.165) is 0 Å². The summed E-state index contributed by atoms with van der Waals surface area (Å²) in [6.07, 6.45) is 2.27. The second-order valence-corrected chi connectivity index (χ2v) is 3.62. The molecule has 17 heavy (non-hydrogen) atoms. The lowest BCUT2D eigenvalue weighted by molar-refractivity contribution is 0.645. The Kier molecular flexibility index (Phi) is 3.24. The Hall–Kier alpha value is -2.08. The standard InChI is InChI=1S/C11H13N5O/c1-2-7(12)9-11(17)14-10(16-15-9)8-5-3-4-6-13-8/h3-7H,2,12H2,1H3,(H,14,16,17). The van der Waals surface area contributed by atoms with Crippen LogP contribution in [-0.2, 0) is 0 Å². The van der Waals surface area contributed by atoms with E-state index >= 15 is 0 Å². The molecule has 6 heteroatoms. The Morgan fingerprint density at radius 3 is 2.82 bits per heavy atom. The predicted octanol–water partition coefficient (Wildman–Crippen LogP) is 0.637. The van der Waals surface area contributed by atoms with Crippen LogP contribution in [0.1, 0.15) is 25.1 Å². The van der Waals surface area contributed by atoms with Crippen molar-refractivity contribution in [1.29, 1.82) is 0 Å². The Morgan fingerprint density at radius 2 is 2.24 bits per heavy atom. The van der Waals surface area contributed by atoms with Crippen molar-refractivity contribution in [2.75, 3.05) is 0 Å². The van der Waals surface area contributed by atoms with Crippen molar-refractivity contribution in [2.45, 2.75) is 19.4 Å². The van der Waals surface area contributed by atoms with Gasteiger partial charge in [0.2, 0.25) is 0 Å². The molecule has 0 spiro atoms. The maximum atomic E-state index is 11.7. The summed E-state index contributed by atoms with van der Waals surface area (Å²) < 4.78 is 0. The van der Waals surface area contributed by atoms with E-state index in [1.807, 2.05) is 13.0 Å². The summed E-state index contributed by atoms with van der Waals surface area (Å²) in [6, 6.07) is 4.97. The van der Waals surface area contributed by atoms with E-state index in [2.05, 4.69) is 20.2 Å². The van der Waals surface area contributed by atoms with Gasteiger partial charge in [-0.25, -0.2) is 0 Å². The highest BCUT2D eigenvalue weighted by Gasteiger charge is 2.12. The predicted molar refractivity (Wildman–Crippen MR) is 63.1 cm³/mol. The van der Waals surface area contributed by atoms with E-state index in [-0.39, 0.29) is 17.3 Å². The summed E-state index contributed by atoms with van der Waals surface area (Å²) >= 11 is 0. The van der Waals surface area contributed by atoms with Gasteiger partial charge in [0.15, 0.2) is 5.82 Å². The van der Waals surface area contributed by atoms with Crippen LogP contribution < -0.4 is 11.3 Å². The monoisotopic (exact) mass is 231 g/mol. The van der Waals surface area contributed by atoms with Crippen molar-refractivity contribution < 1.29 is 0 Å². The first kappa shape index (κ1) is 11.4. The minimum atomic E-state index is -0.385. The molecule has 0 saturated carbocycles. The zero-order chi connectivity index (χ0) is 12.3. The van der Waals surface area contributed by atoms with Gasteiger partial charge in [-0.15, -0.1) is 10.2 Å². The fraction of sp³-hybridized carbons (Fsp3) is 0.273. The molecule has 0 amide bonds. The highest BCUT2D eigenvalue weighted by Crippen LogP contribution is 2.09. The van der Waals surface area contributed by atoms with Crippen molar-refractivity contribution in [2.24, 2.45) is 5.73 Å². The molecule has 1 atom stereocenters. The molecule has 6 nitrogen and oxygen atoms in total. The van der Waals surface area contributed by atoms with E-state index in [9.17, 15) is 4.79 Å². The number of rotatable bonds is 3. The topological polar surface area (TPSA) is 97.5 Å². The largest absolute Gasteiger partial charge is 0.322 e. The summed E-state index contributed by atoms with van der Waals surface area (Å²) in [7, 11) is 0. The van der Waals surface area contributed by atoms with Crippen molar-refractivity contribution in [3.63, 3.8) is 0 Å². The zero-order valence-electron chi connectivity index (χ0n) is 9.42. The van der Waals surface area contributed by atoms with Gasteiger partial charge in [-0.2, -0.15) is 0 Å². The highest BCUT2D eigenvalue weighted by atomic mass is 16.1. The molecule has 0 aromatic carbocycles. The van der Waals surface area contributed by atoms with Gasteiger partial charge in [0.1, 0.15) is 11.4 Å². The fourth-order valence-corrected chi connectivity index (χ4v) is 1.40. The third-order valence-electron chi connectivity index (χ3n) is 2.42. The molecule has 0 fully saturated rings. The maximum absolute atomic E-state index is 11.7. The first-order valence-corrected chi connectivity index (χ1v) is 5.36. The molecule has 0 radical (unpaired) electrons. The van der Waals surface area contributed by atoms with Crippen molar-refractivity contribution >= 4 is 0 Å². The molecule has 2 aromatic heterocycles. The van der Waals surface area contributed by atoms with E-state index in [0.29, 0.717) is 17.9 Å². The molecular weight excluding hydrogens is 218 g/mol. The number of hydrogen-bond donors (Lipinski definition) is 2. The third kappa shape index (κ3) is 2.36. The normalized spacial score (nSPS) is 12.4. The Labute approximate surface area is 97.9 Å². The Bertz CT molecular complexity index is 551. The highest BCUT2D eigenvalue weighted by molar-refractivity contribution is 5.46. The molecule has 0 bridgehead atoms. The fourth-order valence-electron chi connectivity index (χ4n) is 1.40. The van der Waals surface area contributed by atoms with Gasteiger partial charge in [-0.1, -0.05) is 13.0 Å². The summed E-state index contributed by atoms with van der Waals surface area (Å²) in [4.78, 5) is 18.5. The number of hydrogen-bond acceptors (Lipinski definition) is 5. The van der Waals surface area contributed by atoms with Crippen LogP contribution in [0.15, 0.2) is 29.2 Å². The average molecular weight is 231 g/mol. The summed E-state index contributed by atoms with van der Waals surface area (Å²) in [6.45, 7) is 1.89. The number of nitrogens with two attached hydrogens (primary N) is 1. The SMILES string of the molecule is CCC(N)c1nnc(-c2ccccn2)[nH]c1=O. The minimum absolute atomic E-state index is 0.257. The number of aromatic amines is 1. The van der Waals surface area contributed by atoms with Gasteiger partial charge in [-0.3, -0.25) is 9.78 Å². The molecule has 0 aliphatic rings. The van der Waals surface area contributed by atoms with E-state index in [1.165, 1.54) is 0 Å². The number of aromatic nitrogens is 4. The second-order valence-electron chi connectivity index (χ2n) is 3.62. The van der Waals surface area contributed by atoms with Gasteiger partial charge in [0.05, 0.1) is 6.04 Å². The minimum Gasteiger partial charge on any atom is -0.322 e. The van der Waals surface area contributed by atoms with E-state index < -0.39 is 0 Å². The van der Waals surface area contributed by atoms with Gasteiger partial charge in [0, 0.05) is 6.20 Å². The van der Waals surface area contributed by atoms with Crippen molar-refractivity contribution in [1.82, 2.24) is 20.2 Å². The van der Waals surface area contributed by atoms with Crippen LogP contribution in [0, 0.1) is 0 Å². The molecule has 88 valence electrons. The average Bonchev–Trinajstić information content (AvgIpc) is 2.39. The lowest BCUT2D eigenvalue weighted by atomic mass is 10.2. The summed E-state index contributed by atoms with van der Waals surface area (Å²) in [5.74, 6) is 0.350. The van der Waals surface area contributed by atoms with Crippen molar-refractivity contribution in [3.8, 4) is 11.5 Å². The van der Waals surface area contributed by atoms with Crippen LogP contribution in [0.5, 0.6) is 0 Å². The second kappa shape index (κ2) is 4.84. The molecule has 2 heterocycles. The van der Waals surface area contributed by atoms with E-state index in [4.69, 9.17) is 5.73 Å². The van der Waals surface area contributed by atoms with Gasteiger partial charge in [0.25, 0.3) is 5.56 Å². The molecule has 2 aromatic rings. The van der Waals surface area contributed by atoms with Crippen LogP contribution in [0.3, 0.4) is 0 Å². The molecular formula is C11H13N5O. The molecule has 0 aliphatic carbocycles. The van der Waals surface area contributed by atoms with Gasteiger partial charge >= 0.3 is 0 Å². The molecule has 3 N–H and O–H groups in total. The van der Waals surface area contributed by atoms with Gasteiger partial charge < -0.3 is 10.7 Å². The van der Waals surface area contributed by atoms with E-state index in [1.54, 1.807) is 18.3 Å². The molecule has 1 unspecified atom stereocenters. The third-order valence-corrected chi connectivity index (χ3v) is 2.42. The van der Waals surface area contributed by atoms with Crippen LogP contribution in [0.4, 0.5) is 0 Å². The summed E-state index contributed by atoms with van der Waals surface area (Å²) in [5, 5.41) is 7.80. The lowest BCUT2D eigenvalue weighted by Crippen LogP contribution is -2.25. The molecule has 0 aliphatic heterocycles.